The lowest BCUT2D eigenvalue weighted by Crippen LogP contribution is -2.20. The Bertz CT molecular complexity index is 160. The molecule has 0 aliphatic rings. The first-order valence-electron chi connectivity index (χ1n) is 6.67. The van der Waals surface area contributed by atoms with Crippen molar-refractivity contribution in [1.82, 2.24) is 5.32 Å². The van der Waals surface area contributed by atoms with Crippen molar-refractivity contribution < 1.29 is 9.53 Å². The Hall–Kier alpha value is -0.570. The van der Waals surface area contributed by atoms with Crippen LogP contribution in [0.5, 0.6) is 0 Å². The predicted molar refractivity (Wildman–Crippen MR) is 67.5 cm³/mol. The summed E-state index contributed by atoms with van der Waals surface area (Å²) in [4.78, 5) is 11.2. The average molecular weight is 229 g/mol. The smallest absolute Gasteiger partial charge is 0.307 e. The number of carbonyl (C=O) groups is 1. The molecule has 1 N–H and O–H groups in total. The molecule has 0 spiro atoms. The van der Waals surface area contributed by atoms with Gasteiger partial charge in [-0.2, -0.15) is 0 Å². The topological polar surface area (TPSA) is 38.3 Å². The van der Waals surface area contributed by atoms with Crippen LogP contribution in [0.3, 0.4) is 0 Å². The summed E-state index contributed by atoms with van der Waals surface area (Å²) in [5.74, 6) is -0.0745. The van der Waals surface area contributed by atoms with E-state index in [9.17, 15) is 4.79 Å². The van der Waals surface area contributed by atoms with E-state index >= 15 is 0 Å². The highest BCUT2D eigenvalue weighted by molar-refractivity contribution is 5.69. The van der Waals surface area contributed by atoms with Gasteiger partial charge in [0.05, 0.1) is 13.0 Å². The number of ether oxygens (including phenoxy) is 1. The third kappa shape index (κ3) is 11.5. The highest BCUT2D eigenvalue weighted by Crippen LogP contribution is 1.97. The second kappa shape index (κ2) is 12.5. The molecule has 0 radical (unpaired) electrons. The Kier molecular flexibility index (Phi) is 12.1. The van der Waals surface area contributed by atoms with Crippen LogP contribution in [0.2, 0.25) is 0 Å². The van der Waals surface area contributed by atoms with Crippen molar-refractivity contribution in [2.75, 3.05) is 19.7 Å². The van der Waals surface area contributed by atoms with Gasteiger partial charge in [0.25, 0.3) is 0 Å². The molecule has 0 heterocycles. The van der Waals surface area contributed by atoms with Crippen LogP contribution in [0, 0.1) is 0 Å². The van der Waals surface area contributed by atoms with E-state index in [2.05, 4.69) is 19.2 Å². The van der Waals surface area contributed by atoms with Crippen molar-refractivity contribution in [2.45, 2.75) is 58.8 Å². The fourth-order valence-electron chi connectivity index (χ4n) is 1.39. The number of unbranched alkanes of at least 4 members (excludes halogenated alkanes) is 4. The fraction of sp³-hybridized carbons (Fsp3) is 0.923. The summed E-state index contributed by atoms with van der Waals surface area (Å²) in [7, 11) is 0. The zero-order valence-electron chi connectivity index (χ0n) is 10.9. The minimum absolute atomic E-state index is 0.0745. The van der Waals surface area contributed by atoms with Crippen molar-refractivity contribution in [3.63, 3.8) is 0 Å². The summed E-state index contributed by atoms with van der Waals surface area (Å²) >= 11 is 0. The zero-order valence-corrected chi connectivity index (χ0v) is 10.9. The van der Waals surface area contributed by atoms with Gasteiger partial charge in [0.2, 0.25) is 0 Å². The molecule has 96 valence electrons. The van der Waals surface area contributed by atoms with Gasteiger partial charge < -0.3 is 10.1 Å². The van der Waals surface area contributed by atoms with Crippen LogP contribution >= 0.6 is 0 Å². The quantitative estimate of drug-likeness (QED) is 0.437. The van der Waals surface area contributed by atoms with Crippen molar-refractivity contribution in [3.05, 3.63) is 0 Å². The molecule has 0 fully saturated rings. The normalized spacial score (nSPS) is 10.4. The number of nitrogens with one attached hydrogen (secondary N) is 1. The van der Waals surface area contributed by atoms with E-state index in [0.29, 0.717) is 13.0 Å². The van der Waals surface area contributed by atoms with Crippen LogP contribution in [0.1, 0.15) is 58.8 Å². The maximum Gasteiger partial charge on any atom is 0.307 e. The molecule has 0 aromatic heterocycles. The largest absolute Gasteiger partial charge is 0.466 e. The first kappa shape index (κ1) is 15.4. The lowest BCUT2D eigenvalue weighted by Gasteiger charge is -2.05. The molecule has 0 aromatic carbocycles. The summed E-state index contributed by atoms with van der Waals surface area (Å²) in [6, 6.07) is 0. The second-order valence-corrected chi connectivity index (χ2v) is 4.13. The van der Waals surface area contributed by atoms with Crippen LogP contribution < -0.4 is 5.32 Å². The maximum atomic E-state index is 11.2. The Balaban J connectivity index is 3.09. The van der Waals surface area contributed by atoms with Crippen LogP contribution in [0.25, 0.3) is 0 Å². The minimum Gasteiger partial charge on any atom is -0.466 e. The summed E-state index contributed by atoms with van der Waals surface area (Å²) < 4.78 is 5.05. The van der Waals surface area contributed by atoms with E-state index in [-0.39, 0.29) is 5.97 Å². The summed E-state index contributed by atoms with van der Waals surface area (Å²) in [6.45, 7) is 6.64. The van der Waals surface area contributed by atoms with Crippen LogP contribution in [0.15, 0.2) is 0 Å². The molecule has 0 atom stereocenters. The van der Waals surface area contributed by atoms with Crippen LogP contribution in [0.4, 0.5) is 0 Å². The predicted octanol–water partition coefficient (Wildman–Crippen LogP) is 2.89. The summed E-state index contributed by atoms with van der Waals surface area (Å²) in [5, 5.41) is 3.26. The van der Waals surface area contributed by atoms with E-state index in [0.717, 1.165) is 25.9 Å². The number of esters is 1. The summed E-state index contributed by atoms with van der Waals surface area (Å²) in [5.41, 5.74) is 0. The highest BCUT2D eigenvalue weighted by Gasteiger charge is 2.00. The molecular weight excluding hydrogens is 202 g/mol. The highest BCUT2D eigenvalue weighted by atomic mass is 16.5. The zero-order chi connectivity index (χ0) is 12.1. The Morgan fingerprint density at radius 1 is 1.00 bits per heavy atom. The van der Waals surface area contributed by atoms with E-state index in [1.807, 2.05) is 0 Å². The number of hydrogen-bond donors (Lipinski definition) is 1. The van der Waals surface area contributed by atoms with Gasteiger partial charge in [0.15, 0.2) is 0 Å². The number of carbonyl (C=O) groups excluding carboxylic acids is 1. The molecule has 0 saturated carbocycles. The van der Waals surface area contributed by atoms with Crippen molar-refractivity contribution in [2.24, 2.45) is 0 Å². The van der Waals surface area contributed by atoms with Gasteiger partial charge in [0, 0.05) is 6.54 Å². The molecule has 0 aliphatic heterocycles. The van der Waals surface area contributed by atoms with E-state index in [1.165, 1.54) is 25.7 Å². The van der Waals surface area contributed by atoms with Gasteiger partial charge in [-0.25, -0.2) is 0 Å². The number of rotatable bonds is 11. The SMILES string of the molecule is CCCCCCNCCC(=O)OCCCC. The van der Waals surface area contributed by atoms with Gasteiger partial charge in [-0.15, -0.1) is 0 Å². The van der Waals surface area contributed by atoms with Crippen LogP contribution in [-0.2, 0) is 9.53 Å². The molecule has 0 amide bonds. The first-order valence-corrected chi connectivity index (χ1v) is 6.67. The monoisotopic (exact) mass is 229 g/mol. The molecule has 3 nitrogen and oxygen atoms in total. The average Bonchev–Trinajstić information content (AvgIpc) is 2.28. The fourth-order valence-corrected chi connectivity index (χ4v) is 1.39. The minimum atomic E-state index is -0.0745. The second-order valence-electron chi connectivity index (χ2n) is 4.13. The van der Waals surface area contributed by atoms with E-state index in [4.69, 9.17) is 4.74 Å². The molecule has 16 heavy (non-hydrogen) atoms. The Morgan fingerprint density at radius 2 is 1.75 bits per heavy atom. The molecular formula is C13H27NO2. The Morgan fingerprint density at radius 3 is 2.44 bits per heavy atom. The molecule has 3 heteroatoms. The molecule has 0 saturated heterocycles. The van der Waals surface area contributed by atoms with Gasteiger partial charge in [-0.05, 0) is 19.4 Å². The van der Waals surface area contributed by atoms with Crippen molar-refractivity contribution in [1.29, 1.82) is 0 Å². The summed E-state index contributed by atoms with van der Waals surface area (Å²) in [6.07, 6.45) is 7.60. The third-order valence-electron chi connectivity index (χ3n) is 2.47. The first-order chi connectivity index (χ1) is 7.81. The molecule has 0 rings (SSSR count). The van der Waals surface area contributed by atoms with Gasteiger partial charge in [-0.3, -0.25) is 4.79 Å². The Labute approximate surface area is 99.9 Å². The number of hydrogen-bond acceptors (Lipinski definition) is 3. The molecule has 0 aromatic rings. The van der Waals surface area contributed by atoms with E-state index in [1.54, 1.807) is 0 Å². The lowest BCUT2D eigenvalue weighted by molar-refractivity contribution is -0.143. The maximum absolute atomic E-state index is 11.2. The molecule has 0 unspecified atom stereocenters. The molecule has 0 bridgehead atoms. The van der Waals surface area contributed by atoms with Crippen molar-refractivity contribution in [3.8, 4) is 0 Å². The third-order valence-corrected chi connectivity index (χ3v) is 2.47. The molecule has 0 aliphatic carbocycles. The van der Waals surface area contributed by atoms with Crippen LogP contribution in [-0.4, -0.2) is 25.7 Å². The van der Waals surface area contributed by atoms with Gasteiger partial charge in [0.1, 0.15) is 0 Å². The van der Waals surface area contributed by atoms with Crippen molar-refractivity contribution >= 4 is 5.97 Å². The standard InChI is InChI=1S/C13H27NO2/c1-3-5-7-8-10-14-11-9-13(15)16-12-6-4-2/h14H,3-12H2,1-2H3. The van der Waals surface area contributed by atoms with E-state index < -0.39 is 0 Å². The lowest BCUT2D eigenvalue weighted by atomic mass is 10.2. The van der Waals surface area contributed by atoms with Gasteiger partial charge >= 0.3 is 5.97 Å². The van der Waals surface area contributed by atoms with Gasteiger partial charge in [-0.1, -0.05) is 39.5 Å².